The van der Waals surface area contributed by atoms with Gasteiger partial charge in [-0.05, 0) is 6.92 Å². The number of hydroxylamine groups is 1. The van der Waals surface area contributed by atoms with Crippen molar-refractivity contribution >= 4 is 15.9 Å². The van der Waals surface area contributed by atoms with Gasteiger partial charge in [0, 0.05) is 4.48 Å². The summed E-state index contributed by atoms with van der Waals surface area (Å²) in [6.45, 7) is 2.44. The Morgan fingerprint density at radius 1 is 1.88 bits per heavy atom. The van der Waals surface area contributed by atoms with Crippen LogP contribution in [0.4, 0.5) is 0 Å². The molecular formula is C4H7BrN2O. The summed E-state index contributed by atoms with van der Waals surface area (Å²) >= 11 is 3.28. The number of hydrogen-bond acceptors (Lipinski definition) is 3. The zero-order chi connectivity index (χ0) is 6.15. The maximum atomic E-state index is 5.29. The Hall–Kier alpha value is -0.0600. The maximum Gasteiger partial charge on any atom is 0.110 e. The van der Waals surface area contributed by atoms with Gasteiger partial charge in [0.15, 0.2) is 0 Å². The summed E-state index contributed by atoms with van der Waals surface area (Å²) in [5.41, 5.74) is 0.935. The molecule has 8 heavy (non-hydrogen) atoms. The Bertz CT molecular complexity index is 134. The quantitative estimate of drug-likeness (QED) is 0.557. The summed E-state index contributed by atoms with van der Waals surface area (Å²) in [4.78, 5) is 4.87. The molecule has 1 aliphatic heterocycles. The predicted molar refractivity (Wildman–Crippen MR) is 33.6 cm³/mol. The van der Waals surface area contributed by atoms with Crippen molar-refractivity contribution in [1.29, 1.82) is 0 Å². The highest BCUT2D eigenvalue weighted by Crippen LogP contribution is 2.20. The topological polar surface area (TPSA) is 38.5 Å². The van der Waals surface area contributed by atoms with Crippen LogP contribution < -0.4 is 5.84 Å². The first-order valence-corrected chi connectivity index (χ1v) is 3.04. The van der Waals surface area contributed by atoms with E-state index >= 15 is 0 Å². The molecule has 0 fully saturated rings. The molecule has 0 aliphatic carbocycles. The van der Waals surface area contributed by atoms with Gasteiger partial charge in [-0.2, -0.15) is 5.17 Å². The van der Waals surface area contributed by atoms with Crippen LogP contribution in [-0.4, -0.2) is 11.8 Å². The molecule has 0 bridgehead atoms. The van der Waals surface area contributed by atoms with Crippen LogP contribution in [0.2, 0.25) is 0 Å². The number of allylic oxidation sites excluding steroid dienone is 1. The van der Waals surface area contributed by atoms with Crippen molar-refractivity contribution in [3.05, 3.63) is 10.2 Å². The zero-order valence-electron chi connectivity index (χ0n) is 4.52. The van der Waals surface area contributed by atoms with Crippen LogP contribution >= 0.6 is 15.9 Å². The molecule has 0 radical (unpaired) electrons. The van der Waals surface area contributed by atoms with Crippen molar-refractivity contribution in [3.63, 3.8) is 0 Å². The lowest BCUT2D eigenvalue weighted by Crippen LogP contribution is -2.24. The van der Waals surface area contributed by atoms with Crippen LogP contribution in [0.1, 0.15) is 6.92 Å². The van der Waals surface area contributed by atoms with E-state index in [-0.39, 0.29) is 0 Å². The summed E-state index contributed by atoms with van der Waals surface area (Å²) in [5.74, 6) is 5.29. The Labute approximate surface area is 56.1 Å². The van der Waals surface area contributed by atoms with E-state index in [1.54, 1.807) is 0 Å². The van der Waals surface area contributed by atoms with Crippen molar-refractivity contribution < 1.29 is 4.84 Å². The van der Waals surface area contributed by atoms with Gasteiger partial charge < -0.3 is 0 Å². The largest absolute Gasteiger partial charge is 0.253 e. The smallest absolute Gasteiger partial charge is 0.110 e. The predicted octanol–water partition coefficient (Wildman–Crippen LogP) is 0.734. The van der Waals surface area contributed by atoms with Gasteiger partial charge in [-0.15, -0.1) is 0 Å². The molecule has 1 rings (SSSR count). The summed E-state index contributed by atoms with van der Waals surface area (Å²) < 4.78 is 1.01. The van der Waals surface area contributed by atoms with Crippen molar-refractivity contribution in [2.75, 3.05) is 6.61 Å². The summed E-state index contributed by atoms with van der Waals surface area (Å²) in [6.07, 6.45) is 0. The van der Waals surface area contributed by atoms with Gasteiger partial charge in [0.25, 0.3) is 0 Å². The molecule has 1 aliphatic rings. The molecular weight excluding hydrogens is 172 g/mol. The molecule has 0 aromatic heterocycles. The lowest BCUT2D eigenvalue weighted by Gasteiger charge is -2.08. The van der Waals surface area contributed by atoms with Gasteiger partial charge in [0.2, 0.25) is 0 Å². The van der Waals surface area contributed by atoms with E-state index in [0.29, 0.717) is 6.61 Å². The minimum absolute atomic E-state index is 0.558. The molecule has 4 heteroatoms. The second kappa shape index (κ2) is 2.05. The van der Waals surface area contributed by atoms with Crippen LogP contribution in [-0.2, 0) is 4.84 Å². The summed E-state index contributed by atoms with van der Waals surface area (Å²) in [7, 11) is 0. The number of hydrogen-bond donors (Lipinski definition) is 1. The molecule has 46 valence electrons. The third-order valence-electron chi connectivity index (χ3n) is 1.05. The van der Waals surface area contributed by atoms with Crippen molar-refractivity contribution in [3.8, 4) is 0 Å². The van der Waals surface area contributed by atoms with E-state index in [4.69, 9.17) is 10.7 Å². The highest BCUT2D eigenvalue weighted by molar-refractivity contribution is 9.11. The first-order valence-electron chi connectivity index (χ1n) is 2.25. The first-order chi connectivity index (χ1) is 3.72. The van der Waals surface area contributed by atoms with Gasteiger partial charge in [-0.1, -0.05) is 15.9 Å². The Kier molecular flexibility index (Phi) is 1.55. The van der Waals surface area contributed by atoms with E-state index < -0.39 is 0 Å². The molecule has 0 saturated heterocycles. The van der Waals surface area contributed by atoms with E-state index in [1.165, 1.54) is 5.17 Å². The van der Waals surface area contributed by atoms with E-state index in [1.807, 2.05) is 6.92 Å². The number of hydrazine groups is 1. The molecule has 3 nitrogen and oxygen atoms in total. The monoisotopic (exact) mass is 178 g/mol. The molecule has 0 amide bonds. The second-order valence-electron chi connectivity index (χ2n) is 1.59. The average Bonchev–Trinajstić information content (AvgIpc) is 1.98. The third kappa shape index (κ3) is 0.866. The zero-order valence-corrected chi connectivity index (χ0v) is 6.10. The highest BCUT2D eigenvalue weighted by Gasteiger charge is 2.13. The van der Waals surface area contributed by atoms with E-state index in [9.17, 15) is 0 Å². The fourth-order valence-electron chi connectivity index (χ4n) is 0.447. The minimum Gasteiger partial charge on any atom is -0.253 e. The first kappa shape index (κ1) is 6.07. The number of halogens is 1. The maximum absolute atomic E-state index is 5.29. The van der Waals surface area contributed by atoms with Crippen LogP contribution in [0.25, 0.3) is 0 Å². The van der Waals surface area contributed by atoms with Crippen LogP contribution in [0.15, 0.2) is 10.2 Å². The molecule has 1 heterocycles. The van der Waals surface area contributed by atoms with Gasteiger partial charge in [0.05, 0.1) is 5.70 Å². The molecule has 0 saturated carbocycles. The number of rotatable bonds is 0. The fourth-order valence-corrected chi connectivity index (χ4v) is 0.724. The van der Waals surface area contributed by atoms with Crippen molar-refractivity contribution in [2.24, 2.45) is 5.84 Å². The lowest BCUT2D eigenvalue weighted by molar-refractivity contribution is -0.101. The highest BCUT2D eigenvalue weighted by atomic mass is 79.9. The van der Waals surface area contributed by atoms with E-state index in [0.717, 1.165) is 10.2 Å². The Balaban J connectivity index is 2.71. The normalized spacial score (nSPS) is 20.6. The minimum atomic E-state index is 0.558. The van der Waals surface area contributed by atoms with Gasteiger partial charge >= 0.3 is 0 Å². The van der Waals surface area contributed by atoms with Crippen molar-refractivity contribution in [1.82, 2.24) is 5.17 Å². The van der Waals surface area contributed by atoms with Gasteiger partial charge in [-0.3, -0.25) is 4.84 Å². The molecule has 0 unspecified atom stereocenters. The second-order valence-corrected chi connectivity index (χ2v) is 2.55. The Morgan fingerprint density at radius 3 is 2.62 bits per heavy atom. The van der Waals surface area contributed by atoms with Gasteiger partial charge in [-0.25, -0.2) is 5.84 Å². The standard InChI is InChI=1S/C4H7BrN2O/c1-3-4(5)2-8-7(3)6/h2,6H2,1H3. The van der Waals surface area contributed by atoms with Crippen LogP contribution in [0.5, 0.6) is 0 Å². The SMILES string of the molecule is CC1=C(Br)CON1N. The molecule has 0 spiro atoms. The molecule has 0 aromatic carbocycles. The number of nitrogens with zero attached hydrogens (tertiary/aromatic N) is 1. The molecule has 0 aromatic rings. The van der Waals surface area contributed by atoms with E-state index in [2.05, 4.69) is 15.9 Å². The fraction of sp³-hybridized carbons (Fsp3) is 0.500. The average molecular weight is 179 g/mol. The van der Waals surface area contributed by atoms with Crippen LogP contribution in [0, 0.1) is 0 Å². The molecule has 2 N–H and O–H groups in total. The number of nitrogens with two attached hydrogens (primary N) is 1. The molecule has 0 atom stereocenters. The van der Waals surface area contributed by atoms with Crippen molar-refractivity contribution in [2.45, 2.75) is 6.92 Å². The summed E-state index contributed by atoms with van der Waals surface area (Å²) in [5, 5.41) is 1.25. The van der Waals surface area contributed by atoms with Crippen LogP contribution in [0.3, 0.4) is 0 Å². The lowest BCUT2D eigenvalue weighted by atomic mass is 10.5. The van der Waals surface area contributed by atoms with Gasteiger partial charge in [0.1, 0.15) is 6.61 Å². The Morgan fingerprint density at radius 2 is 2.50 bits per heavy atom. The third-order valence-corrected chi connectivity index (χ3v) is 1.86. The summed E-state index contributed by atoms with van der Waals surface area (Å²) in [6, 6.07) is 0.